The van der Waals surface area contributed by atoms with Crippen LogP contribution in [0.25, 0.3) is 0 Å². The van der Waals surface area contributed by atoms with Gasteiger partial charge < -0.3 is 15.8 Å². The Hall–Kier alpha value is -2.34. The van der Waals surface area contributed by atoms with Gasteiger partial charge in [-0.25, -0.2) is 0 Å². The van der Waals surface area contributed by atoms with E-state index in [1.165, 1.54) is 0 Å². The minimum atomic E-state index is -0.392. The summed E-state index contributed by atoms with van der Waals surface area (Å²) in [6.45, 7) is 0. The second-order valence-corrected chi connectivity index (χ2v) is 5.49. The molecule has 0 fully saturated rings. The number of benzene rings is 2. The number of rotatable bonds is 5. The summed E-state index contributed by atoms with van der Waals surface area (Å²) in [5.41, 5.74) is 7.04. The molecule has 2 aromatic rings. The number of primary amides is 1. The Morgan fingerprint density at radius 2 is 1.86 bits per heavy atom. The second kappa shape index (κ2) is 7.09. The van der Waals surface area contributed by atoms with E-state index in [1.54, 1.807) is 49.6 Å². The maximum Gasteiger partial charge on any atom is 0.256 e. The van der Waals surface area contributed by atoms with Crippen molar-refractivity contribution in [3.63, 3.8) is 0 Å². The summed E-state index contributed by atoms with van der Waals surface area (Å²) in [5, 5.41) is 2.79. The summed E-state index contributed by atoms with van der Waals surface area (Å²) in [4.78, 5) is 23.1. The fourth-order valence-corrected chi connectivity index (χ4v) is 2.34. The zero-order valence-electron chi connectivity index (χ0n) is 11.9. The predicted molar refractivity (Wildman–Crippen MR) is 88.0 cm³/mol. The van der Waals surface area contributed by atoms with E-state index in [4.69, 9.17) is 10.5 Å². The Balaban J connectivity index is 2.13. The Morgan fingerprint density at radius 3 is 2.45 bits per heavy atom. The number of methoxy groups -OCH3 is 1. The molecule has 3 N–H and O–H groups in total. The molecule has 0 saturated carbocycles. The molecule has 0 aromatic heterocycles. The molecule has 0 aliphatic rings. The van der Waals surface area contributed by atoms with E-state index < -0.39 is 5.91 Å². The van der Waals surface area contributed by atoms with Crippen LogP contribution in [-0.4, -0.2) is 18.9 Å². The van der Waals surface area contributed by atoms with E-state index in [-0.39, 0.29) is 12.3 Å². The van der Waals surface area contributed by atoms with Crippen molar-refractivity contribution in [3.05, 3.63) is 58.1 Å². The van der Waals surface area contributed by atoms with E-state index in [0.29, 0.717) is 21.5 Å². The maximum atomic E-state index is 12.3. The number of nitrogens with one attached hydrogen (secondary N) is 1. The van der Waals surface area contributed by atoms with Crippen LogP contribution in [0.2, 0.25) is 0 Å². The molecule has 114 valence electrons. The number of ether oxygens (including phenoxy) is 1. The van der Waals surface area contributed by atoms with Gasteiger partial charge in [0.25, 0.3) is 5.91 Å². The molecule has 0 saturated heterocycles. The molecule has 5 nitrogen and oxygen atoms in total. The van der Waals surface area contributed by atoms with Crippen molar-refractivity contribution in [1.29, 1.82) is 0 Å². The fourth-order valence-electron chi connectivity index (χ4n) is 1.91. The molecular weight excluding hydrogens is 348 g/mol. The summed E-state index contributed by atoms with van der Waals surface area (Å²) < 4.78 is 5.80. The molecule has 0 aliphatic carbocycles. The molecule has 0 heterocycles. The van der Waals surface area contributed by atoms with Crippen LogP contribution in [0.5, 0.6) is 5.75 Å². The van der Waals surface area contributed by atoms with Crippen molar-refractivity contribution < 1.29 is 14.3 Å². The largest absolute Gasteiger partial charge is 0.497 e. The van der Waals surface area contributed by atoms with Gasteiger partial charge in [0, 0.05) is 10.2 Å². The second-order valence-electron chi connectivity index (χ2n) is 4.64. The average molecular weight is 363 g/mol. The maximum absolute atomic E-state index is 12.3. The standard InChI is InChI=1S/C16H15BrN2O3/c1-22-12-6-7-14(17)13(9-12)16(21)19-11-4-2-10(3-5-11)8-15(18)20/h2-7,9H,8H2,1H3,(H2,18,20)(H,19,21). The van der Waals surface area contributed by atoms with Crippen LogP contribution < -0.4 is 15.8 Å². The third-order valence-corrected chi connectivity index (χ3v) is 3.70. The van der Waals surface area contributed by atoms with Gasteiger partial charge in [-0.3, -0.25) is 9.59 Å². The molecule has 6 heteroatoms. The Morgan fingerprint density at radius 1 is 1.18 bits per heavy atom. The van der Waals surface area contributed by atoms with Gasteiger partial charge in [-0.2, -0.15) is 0 Å². The highest BCUT2D eigenvalue weighted by Gasteiger charge is 2.11. The van der Waals surface area contributed by atoms with Gasteiger partial charge in [0.15, 0.2) is 0 Å². The smallest absolute Gasteiger partial charge is 0.256 e. The molecule has 0 spiro atoms. The molecular formula is C16H15BrN2O3. The number of amides is 2. The zero-order chi connectivity index (χ0) is 16.1. The molecule has 2 amide bonds. The normalized spacial score (nSPS) is 10.1. The number of anilines is 1. The third kappa shape index (κ3) is 4.08. The number of carbonyl (C=O) groups excluding carboxylic acids is 2. The van der Waals surface area contributed by atoms with Crippen molar-refractivity contribution in [2.24, 2.45) is 5.73 Å². The lowest BCUT2D eigenvalue weighted by atomic mass is 10.1. The molecule has 22 heavy (non-hydrogen) atoms. The van der Waals surface area contributed by atoms with Crippen LogP contribution in [0.1, 0.15) is 15.9 Å². The van der Waals surface area contributed by atoms with Crippen molar-refractivity contribution in [2.45, 2.75) is 6.42 Å². The highest BCUT2D eigenvalue weighted by molar-refractivity contribution is 9.10. The van der Waals surface area contributed by atoms with Gasteiger partial charge in [-0.15, -0.1) is 0 Å². The summed E-state index contributed by atoms with van der Waals surface area (Å²) in [6, 6.07) is 12.1. The van der Waals surface area contributed by atoms with Gasteiger partial charge in [0.05, 0.1) is 19.1 Å². The summed E-state index contributed by atoms with van der Waals surface area (Å²) in [5.74, 6) is -0.0457. The van der Waals surface area contributed by atoms with E-state index in [9.17, 15) is 9.59 Å². The van der Waals surface area contributed by atoms with Crippen molar-refractivity contribution in [3.8, 4) is 5.75 Å². The Bertz CT molecular complexity index is 699. The number of nitrogens with two attached hydrogens (primary N) is 1. The minimum Gasteiger partial charge on any atom is -0.497 e. The quantitative estimate of drug-likeness (QED) is 0.857. The molecule has 2 aromatic carbocycles. The molecule has 0 atom stereocenters. The summed E-state index contributed by atoms with van der Waals surface area (Å²) >= 11 is 3.34. The van der Waals surface area contributed by atoms with E-state index in [2.05, 4.69) is 21.2 Å². The lowest BCUT2D eigenvalue weighted by Crippen LogP contribution is -2.14. The lowest BCUT2D eigenvalue weighted by Gasteiger charge is -2.09. The number of hydrogen-bond acceptors (Lipinski definition) is 3. The Labute approximate surface area is 136 Å². The Kier molecular flexibility index (Phi) is 5.16. The van der Waals surface area contributed by atoms with Crippen LogP contribution >= 0.6 is 15.9 Å². The van der Waals surface area contributed by atoms with Gasteiger partial charge in [0.1, 0.15) is 5.75 Å². The van der Waals surface area contributed by atoms with Crippen molar-refractivity contribution in [2.75, 3.05) is 12.4 Å². The minimum absolute atomic E-state index is 0.176. The lowest BCUT2D eigenvalue weighted by molar-refractivity contribution is -0.117. The third-order valence-electron chi connectivity index (χ3n) is 3.01. The highest BCUT2D eigenvalue weighted by atomic mass is 79.9. The van der Waals surface area contributed by atoms with Crippen LogP contribution in [0.15, 0.2) is 46.9 Å². The van der Waals surface area contributed by atoms with E-state index in [0.717, 1.165) is 5.56 Å². The number of halogens is 1. The van der Waals surface area contributed by atoms with Gasteiger partial charge in [-0.05, 0) is 51.8 Å². The SMILES string of the molecule is COc1ccc(Br)c(C(=O)Nc2ccc(CC(N)=O)cc2)c1. The molecule has 2 rings (SSSR count). The number of hydrogen-bond donors (Lipinski definition) is 2. The van der Waals surface area contributed by atoms with Crippen molar-refractivity contribution >= 4 is 33.4 Å². The first-order chi connectivity index (χ1) is 10.5. The van der Waals surface area contributed by atoms with Crippen molar-refractivity contribution in [1.82, 2.24) is 0 Å². The first-order valence-electron chi connectivity index (χ1n) is 6.51. The zero-order valence-corrected chi connectivity index (χ0v) is 13.5. The highest BCUT2D eigenvalue weighted by Crippen LogP contribution is 2.23. The first-order valence-corrected chi connectivity index (χ1v) is 7.31. The molecule has 0 unspecified atom stereocenters. The predicted octanol–water partition coefficient (Wildman–Crippen LogP) is 2.74. The van der Waals surface area contributed by atoms with Crippen LogP contribution in [-0.2, 0) is 11.2 Å². The average Bonchev–Trinajstić information content (AvgIpc) is 2.49. The van der Waals surface area contributed by atoms with Gasteiger partial charge in [-0.1, -0.05) is 12.1 Å². The molecule has 0 bridgehead atoms. The van der Waals surface area contributed by atoms with Gasteiger partial charge in [0.2, 0.25) is 5.91 Å². The molecule has 0 radical (unpaired) electrons. The monoisotopic (exact) mass is 362 g/mol. The van der Waals surface area contributed by atoms with Crippen LogP contribution in [0, 0.1) is 0 Å². The van der Waals surface area contributed by atoms with Crippen LogP contribution in [0.4, 0.5) is 5.69 Å². The summed E-state index contributed by atoms with van der Waals surface area (Å²) in [7, 11) is 1.54. The summed E-state index contributed by atoms with van der Waals surface area (Å²) in [6.07, 6.45) is 0.176. The van der Waals surface area contributed by atoms with Gasteiger partial charge >= 0.3 is 0 Å². The number of carbonyl (C=O) groups is 2. The van der Waals surface area contributed by atoms with E-state index in [1.807, 2.05) is 0 Å². The fraction of sp³-hybridized carbons (Fsp3) is 0.125. The van der Waals surface area contributed by atoms with E-state index >= 15 is 0 Å². The topological polar surface area (TPSA) is 81.4 Å². The molecule has 0 aliphatic heterocycles. The van der Waals surface area contributed by atoms with Crippen LogP contribution in [0.3, 0.4) is 0 Å². The first kappa shape index (κ1) is 16.0.